The van der Waals surface area contributed by atoms with Crippen LogP contribution < -0.4 is 10.5 Å². The molecule has 0 atom stereocenters. The summed E-state index contributed by atoms with van der Waals surface area (Å²) < 4.78 is 8.12. The summed E-state index contributed by atoms with van der Waals surface area (Å²) >= 11 is 6.58. The summed E-state index contributed by atoms with van der Waals surface area (Å²) in [4.78, 5) is 8.45. The molecular weight excluding hydrogens is 432 g/mol. The van der Waals surface area contributed by atoms with Crippen LogP contribution >= 0.6 is 11.6 Å². The van der Waals surface area contributed by atoms with E-state index in [1.807, 2.05) is 42.5 Å². The molecule has 0 fully saturated rings. The highest BCUT2D eigenvalue weighted by atomic mass is 35.5. The SMILES string of the molecule is NC1=NC(Cn2c(C3=C(Cl)C=CCC3)ccc2-c2ccc(Oc3ccncc3)cc2)=C=C=C1. The van der Waals surface area contributed by atoms with E-state index in [0.29, 0.717) is 12.4 Å². The van der Waals surface area contributed by atoms with Gasteiger partial charge in [-0.1, -0.05) is 23.4 Å². The van der Waals surface area contributed by atoms with E-state index >= 15 is 0 Å². The Hall–Kier alpha value is -4.01. The van der Waals surface area contributed by atoms with Crippen LogP contribution in [-0.4, -0.2) is 15.4 Å². The van der Waals surface area contributed by atoms with Crippen LogP contribution in [0.3, 0.4) is 0 Å². The average Bonchev–Trinajstić information content (AvgIpc) is 3.24. The molecule has 3 heterocycles. The largest absolute Gasteiger partial charge is 0.457 e. The van der Waals surface area contributed by atoms with E-state index in [1.165, 1.54) is 0 Å². The number of hydrogen-bond acceptors (Lipinski definition) is 4. The number of rotatable bonds is 6. The van der Waals surface area contributed by atoms with Crippen LogP contribution in [-0.2, 0) is 6.54 Å². The number of ether oxygens (including phenoxy) is 1. The monoisotopic (exact) mass is 452 g/mol. The normalized spacial score (nSPS) is 14.9. The topological polar surface area (TPSA) is 65.4 Å². The number of amidine groups is 1. The van der Waals surface area contributed by atoms with E-state index in [9.17, 15) is 0 Å². The second-order valence-electron chi connectivity index (χ2n) is 7.66. The van der Waals surface area contributed by atoms with Gasteiger partial charge in [-0.25, -0.2) is 4.99 Å². The second-order valence-corrected chi connectivity index (χ2v) is 8.07. The van der Waals surface area contributed by atoms with E-state index in [1.54, 1.807) is 18.5 Å². The summed E-state index contributed by atoms with van der Waals surface area (Å²) in [6.07, 6.45) is 11.0. The maximum absolute atomic E-state index is 6.58. The Morgan fingerprint density at radius 1 is 1.00 bits per heavy atom. The highest BCUT2D eigenvalue weighted by molar-refractivity contribution is 6.34. The maximum atomic E-state index is 6.58. The van der Waals surface area contributed by atoms with Gasteiger partial charge in [-0.2, -0.15) is 0 Å². The first-order chi connectivity index (χ1) is 16.2. The van der Waals surface area contributed by atoms with Gasteiger partial charge in [-0.05, 0) is 84.3 Å². The number of allylic oxidation sites excluding steroid dienone is 5. The van der Waals surface area contributed by atoms with Crippen molar-refractivity contribution in [3.8, 4) is 22.8 Å². The Morgan fingerprint density at radius 3 is 2.52 bits per heavy atom. The van der Waals surface area contributed by atoms with Gasteiger partial charge in [-0.3, -0.25) is 4.98 Å². The van der Waals surface area contributed by atoms with Crippen LogP contribution in [0, 0.1) is 0 Å². The summed E-state index contributed by atoms with van der Waals surface area (Å²) in [5.41, 5.74) is 16.9. The quantitative estimate of drug-likeness (QED) is 0.452. The molecule has 0 radical (unpaired) electrons. The fourth-order valence-electron chi connectivity index (χ4n) is 3.91. The van der Waals surface area contributed by atoms with Crippen LogP contribution in [0.25, 0.3) is 16.8 Å². The van der Waals surface area contributed by atoms with E-state index in [0.717, 1.165) is 57.6 Å². The van der Waals surface area contributed by atoms with Crippen LogP contribution in [0.4, 0.5) is 0 Å². The molecule has 33 heavy (non-hydrogen) atoms. The van der Waals surface area contributed by atoms with Gasteiger partial charge in [0.05, 0.1) is 6.54 Å². The number of hydrogen-bond donors (Lipinski definition) is 1. The minimum Gasteiger partial charge on any atom is -0.457 e. The summed E-state index contributed by atoms with van der Waals surface area (Å²) in [5, 5.41) is 0.768. The van der Waals surface area contributed by atoms with Crippen molar-refractivity contribution >= 4 is 23.0 Å². The van der Waals surface area contributed by atoms with Crippen molar-refractivity contribution in [1.29, 1.82) is 0 Å². The molecule has 3 aromatic rings. The zero-order chi connectivity index (χ0) is 22.6. The van der Waals surface area contributed by atoms with Crippen molar-refractivity contribution in [2.75, 3.05) is 0 Å². The van der Waals surface area contributed by atoms with E-state index in [-0.39, 0.29) is 0 Å². The van der Waals surface area contributed by atoms with Gasteiger partial charge >= 0.3 is 0 Å². The molecule has 2 N–H and O–H groups in total. The fourth-order valence-corrected chi connectivity index (χ4v) is 4.19. The molecule has 0 spiro atoms. The molecule has 0 bridgehead atoms. The van der Waals surface area contributed by atoms with E-state index < -0.39 is 0 Å². The van der Waals surface area contributed by atoms with Gasteiger partial charge in [-0.15, -0.1) is 0 Å². The molecule has 1 aromatic carbocycles. The molecule has 0 amide bonds. The summed E-state index contributed by atoms with van der Waals surface area (Å²) in [5.74, 6) is 1.93. The lowest BCUT2D eigenvalue weighted by molar-refractivity contribution is 0.482. The molecule has 2 aliphatic rings. The van der Waals surface area contributed by atoms with E-state index in [2.05, 4.69) is 44.2 Å². The van der Waals surface area contributed by atoms with Gasteiger partial charge in [0.25, 0.3) is 0 Å². The van der Waals surface area contributed by atoms with Crippen molar-refractivity contribution in [3.63, 3.8) is 0 Å². The lowest BCUT2D eigenvalue weighted by Crippen LogP contribution is -2.12. The summed E-state index contributed by atoms with van der Waals surface area (Å²) in [6.45, 7) is 0.506. The standard InChI is InChI=1S/C27H21ClN4O/c28-24-6-2-1-5-23(24)26-13-12-25(32(26)18-20-4-3-7-27(29)31-20)19-8-10-21(11-9-19)33-22-14-16-30-17-15-22/h2,6-17H,1,5,18H2,(H2,29,31). The zero-order valence-corrected chi connectivity index (χ0v) is 18.6. The van der Waals surface area contributed by atoms with Crippen LogP contribution in [0.2, 0.25) is 0 Å². The van der Waals surface area contributed by atoms with Gasteiger partial charge < -0.3 is 15.0 Å². The molecule has 6 heteroatoms. The van der Waals surface area contributed by atoms with Gasteiger partial charge in [0.2, 0.25) is 0 Å². The number of nitrogens with two attached hydrogens (primary N) is 1. The van der Waals surface area contributed by atoms with Gasteiger partial charge in [0, 0.05) is 34.9 Å². The average molecular weight is 453 g/mol. The molecule has 5 nitrogen and oxygen atoms in total. The van der Waals surface area contributed by atoms with Crippen LogP contribution in [0.15, 0.2) is 106 Å². The highest BCUT2D eigenvalue weighted by Gasteiger charge is 2.18. The Morgan fingerprint density at radius 2 is 1.76 bits per heavy atom. The molecule has 1 aliphatic heterocycles. The molecule has 162 valence electrons. The van der Waals surface area contributed by atoms with Gasteiger partial charge in [0.1, 0.15) is 23.0 Å². The summed E-state index contributed by atoms with van der Waals surface area (Å²) in [6, 6.07) is 15.9. The Labute approximate surface area is 197 Å². The first-order valence-corrected chi connectivity index (χ1v) is 11.0. The Kier molecular flexibility index (Phi) is 5.84. The molecule has 1 aliphatic carbocycles. The minimum absolute atomic E-state index is 0.425. The first kappa shape index (κ1) is 20.9. The lowest BCUT2D eigenvalue weighted by Gasteiger charge is -2.18. The third-order valence-corrected chi connectivity index (χ3v) is 5.80. The first-order valence-electron chi connectivity index (χ1n) is 10.7. The molecule has 5 rings (SSSR count). The number of aromatic nitrogens is 2. The zero-order valence-electron chi connectivity index (χ0n) is 17.8. The van der Waals surface area contributed by atoms with Crippen LogP contribution in [0.5, 0.6) is 11.5 Å². The van der Waals surface area contributed by atoms with Crippen molar-refractivity contribution in [1.82, 2.24) is 9.55 Å². The minimum atomic E-state index is 0.425. The maximum Gasteiger partial charge on any atom is 0.132 e. The predicted octanol–water partition coefficient (Wildman–Crippen LogP) is 6.21. The smallest absolute Gasteiger partial charge is 0.132 e. The van der Waals surface area contributed by atoms with Crippen molar-refractivity contribution in [3.05, 3.63) is 107 Å². The molecule has 2 aromatic heterocycles. The Balaban J connectivity index is 1.52. The molecule has 0 unspecified atom stereocenters. The Bertz CT molecular complexity index is 1380. The molecular formula is C27H21ClN4O. The number of aliphatic imine (C=N–C) groups is 1. The molecule has 0 saturated carbocycles. The summed E-state index contributed by atoms with van der Waals surface area (Å²) in [7, 11) is 0. The van der Waals surface area contributed by atoms with Crippen LogP contribution in [0.1, 0.15) is 18.5 Å². The lowest BCUT2D eigenvalue weighted by atomic mass is 10.0. The number of nitrogens with zero attached hydrogens (tertiary/aromatic N) is 3. The van der Waals surface area contributed by atoms with Crippen molar-refractivity contribution < 1.29 is 4.74 Å². The number of benzene rings is 1. The predicted molar refractivity (Wildman–Crippen MR) is 132 cm³/mol. The fraction of sp³-hybridized carbons (Fsp3) is 0.111. The third kappa shape index (κ3) is 4.62. The number of pyridine rings is 1. The van der Waals surface area contributed by atoms with Gasteiger partial charge in [0.15, 0.2) is 0 Å². The second kappa shape index (κ2) is 9.23. The van der Waals surface area contributed by atoms with E-state index in [4.69, 9.17) is 22.1 Å². The van der Waals surface area contributed by atoms with Crippen molar-refractivity contribution in [2.45, 2.75) is 19.4 Å². The number of halogens is 1. The van der Waals surface area contributed by atoms with Crippen molar-refractivity contribution in [2.24, 2.45) is 10.7 Å². The third-order valence-electron chi connectivity index (χ3n) is 5.45. The highest BCUT2D eigenvalue weighted by Crippen LogP contribution is 2.35. The molecule has 0 saturated heterocycles.